The summed E-state index contributed by atoms with van der Waals surface area (Å²) < 4.78 is 5.47. The number of rotatable bonds is 5. The lowest BCUT2D eigenvalue weighted by molar-refractivity contribution is -0.115. The molecular formula is C22H21ClN2O3S. The normalized spacial score (nSPS) is 10.7. The molecule has 1 aromatic heterocycles. The summed E-state index contributed by atoms with van der Waals surface area (Å²) >= 11 is 7.35. The Morgan fingerprint density at radius 1 is 1.14 bits per heavy atom. The summed E-state index contributed by atoms with van der Waals surface area (Å²) in [5.74, 6) is -0.566. The summed E-state index contributed by atoms with van der Waals surface area (Å²) in [5, 5.41) is 2.80. The van der Waals surface area contributed by atoms with Crippen molar-refractivity contribution >= 4 is 45.6 Å². The number of aromatic nitrogens is 1. The minimum absolute atomic E-state index is 0.0311. The molecule has 0 bridgehead atoms. The van der Waals surface area contributed by atoms with Crippen LogP contribution in [0.25, 0.3) is 0 Å². The molecule has 0 saturated carbocycles. The molecule has 0 radical (unpaired) electrons. The molecule has 150 valence electrons. The van der Waals surface area contributed by atoms with E-state index in [1.807, 2.05) is 32.9 Å². The maximum absolute atomic E-state index is 12.6. The van der Waals surface area contributed by atoms with Gasteiger partial charge >= 0.3 is 5.97 Å². The first-order valence-electron chi connectivity index (χ1n) is 9.02. The minimum Gasteiger partial charge on any atom is -0.456 e. The van der Waals surface area contributed by atoms with E-state index < -0.39 is 0 Å². The molecule has 0 unspecified atom stereocenters. The molecule has 0 N–H and O–H groups in total. The number of anilines is 2. The average molecular weight is 429 g/mol. The molecule has 7 heteroatoms. The van der Waals surface area contributed by atoms with E-state index in [0.29, 0.717) is 27.1 Å². The second kappa shape index (κ2) is 8.76. The SMILES string of the molecule is CC(=O)N(c1cccc(Cl)c1)c1nc(COC(=O)c2c(C)cc(C)cc2C)cs1. The van der Waals surface area contributed by atoms with Crippen molar-refractivity contribution in [3.63, 3.8) is 0 Å². The van der Waals surface area contributed by atoms with Gasteiger partial charge in [-0.25, -0.2) is 9.78 Å². The molecule has 2 aromatic carbocycles. The van der Waals surface area contributed by atoms with Crippen LogP contribution in [-0.4, -0.2) is 16.9 Å². The van der Waals surface area contributed by atoms with E-state index >= 15 is 0 Å². The molecule has 3 aromatic rings. The number of esters is 1. The lowest BCUT2D eigenvalue weighted by Gasteiger charge is -2.18. The van der Waals surface area contributed by atoms with Gasteiger partial charge in [-0.05, 0) is 50.1 Å². The molecule has 0 aliphatic rings. The predicted octanol–water partition coefficient (Wildman–Crippen LogP) is 5.76. The zero-order chi connectivity index (χ0) is 21.1. The fourth-order valence-corrected chi connectivity index (χ4v) is 4.28. The van der Waals surface area contributed by atoms with Gasteiger partial charge < -0.3 is 4.74 Å². The number of halogens is 1. The number of benzene rings is 2. The van der Waals surface area contributed by atoms with Gasteiger partial charge in [0.2, 0.25) is 5.91 Å². The van der Waals surface area contributed by atoms with Crippen LogP contribution in [0.3, 0.4) is 0 Å². The summed E-state index contributed by atoms with van der Waals surface area (Å²) in [6.45, 7) is 7.28. The monoisotopic (exact) mass is 428 g/mol. The van der Waals surface area contributed by atoms with Crippen molar-refractivity contribution in [2.75, 3.05) is 4.90 Å². The number of hydrogen-bond acceptors (Lipinski definition) is 5. The molecule has 0 spiro atoms. The first kappa shape index (κ1) is 21.0. The highest BCUT2D eigenvalue weighted by Gasteiger charge is 2.19. The van der Waals surface area contributed by atoms with Crippen LogP contribution < -0.4 is 4.90 Å². The standard InChI is InChI=1S/C22H21ClN2O3S/c1-13-8-14(2)20(15(3)9-13)21(27)28-11-18-12-29-22(24-18)25(16(4)26)19-7-5-6-17(23)10-19/h5-10,12H,11H2,1-4H3. The molecular weight excluding hydrogens is 408 g/mol. The molecule has 29 heavy (non-hydrogen) atoms. The average Bonchev–Trinajstić information content (AvgIpc) is 3.07. The lowest BCUT2D eigenvalue weighted by atomic mass is 10.00. The van der Waals surface area contributed by atoms with Crippen LogP contribution in [0.1, 0.15) is 39.7 Å². The number of aryl methyl sites for hydroxylation is 3. The smallest absolute Gasteiger partial charge is 0.339 e. The van der Waals surface area contributed by atoms with E-state index in [0.717, 1.165) is 16.7 Å². The Kier molecular flexibility index (Phi) is 6.35. The van der Waals surface area contributed by atoms with Gasteiger partial charge in [-0.3, -0.25) is 9.69 Å². The van der Waals surface area contributed by atoms with Crippen LogP contribution in [-0.2, 0) is 16.1 Å². The number of thiazole rings is 1. The van der Waals surface area contributed by atoms with E-state index in [1.54, 1.807) is 29.6 Å². The maximum atomic E-state index is 12.6. The number of carbonyl (C=O) groups is 2. The van der Waals surface area contributed by atoms with Crippen molar-refractivity contribution in [1.29, 1.82) is 0 Å². The van der Waals surface area contributed by atoms with Crippen LogP contribution in [0, 0.1) is 20.8 Å². The molecule has 0 atom stereocenters. The maximum Gasteiger partial charge on any atom is 0.339 e. The Morgan fingerprint density at radius 2 is 1.83 bits per heavy atom. The summed E-state index contributed by atoms with van der Waals surface area (Å²) in [5.41, 5.74) is 4.66. The van der Waals surface area contributed by atoms with Gasteiger partial charge in [-0.1, -0.05) is 35.4 Å². The zero-order valence-electron chi connectivity index (χ0n) is 16.7. The van der Waals surface area contributed by atoms with Crippen molar-refractivity contribution in [3.05, 3.63) is 74.7 Å². The Hall–Kier alpha value is -2.70. The van der Waals surface area contributed by atoms with Crippen LogP contribution in [0.4, 0.5) is 10.8 Å². The third kappa shape index (κ3) is 4.83. The summed E-state index contributed by atoms with van der Waals surface area (Å²) in [6.07, 6.45) is 0. The van der Waals surface area contributed by atoms with Crippen LogP contribution in [0.5, 0.6) is 0 Å². The van der Waals surface area contributed by atoms with Crippen LogP contribution in [0.15, 0.2) is 41.8 Å². The van der Waals surface area contributed by atoms with E-state index in [2.05, 4.69) is 4.98 Å². The molecule has 1 amide bonds. The van der Waals surface area contributed by atoms with E-state index in [-0.39, 0.29) is 18.5 Å². The van der Waals surface area contributed by atoms with Gasteiger partial charge in [0.1, 0.15) is 6.61 Å². The molecule has 5 nitrogen and oxygen atoms in total. The first-order valence-corrected chi connectivity index (χ1v) is 10.3. The number of ether oxygens (including phenoxy) is 1. The Labute approximate surface area is 178 Å². The van der Waals surface area contributed by atoms with Gasteiger partial charge in [-0.2, -0.15) is 0 Å². The first-order chi connectivity index (χ1) is 13.8. The zero-order valence-corrected chi connectivity index (χ0v) is 18.2. The van der Waals surface area contributed by atoms with E-state index in [1.165, 1.54) is 23.2 Å². The van der Waals surface area contributed by atoms with Gasteiger partial charge in [0.15, 0.2) is 5.13 Å². The number of hydrogen-bond donors (Lipinski definition) is 0. The van der Waals surface area contributed by atoms with Crippen LogP contribution >= 0.6 is 22.9 Å². The predicted molar refractivity (Wildman–Crippen MR) is 116 cm³/mol. The van der Waals surface area contributed by atoms with E-state index in [4.69, 9.17) is 16.3 Å². The van der Waals surface area contributed by atoms with Crippen molar-refractivity contribution in [2.45, 2.75) is 34.3 Å². The number of nitrogens with zero attached hydrogens (tertiary/aromatic N) is 2. The van der Waals surface area contributed by atoms with E-state index in [9.17, 15) is 9.59 Å². The van der Waals surface area contributed by atoms with Crippen molar-refractivity contribution in [1.82, 2.24) is 4.98 Å². The molecule has 3 rings (SSSR count). The van der Waals surface area contributed by atoms with Gasteiger partial charge in [-0.15, -0.1) is 11.3 Å². The highest BCUT2D eigenvalue weighted by molar-refractivity contribution is 7.14. The highest BCUT2D eigenvalue weighted by Crippen LogP contribution is 2.30. The second-order valence-electron chi connectivity index (χ2n) is 6.81. The number of carbonyl (C=O) groups excluding carboxylic acids is 2. The van der Waals surface area contributed by atoms with Gasteiger partial charge in [0.25, 0.3) is 0 Å². The van der Waals surface area contributed by atoms with Gasteiger partial charge in [0, 0.05) is 17.3 Å². The largest absolute Gasteiger partial charge is 0.456 e. The Bertz CT molecular complexity index is 1050. The van der Waals surface area contributed by atoms with Crippen LogP contribution in [0.2, 0.25) is 5.02 Å². The summed E-state index contributed by atoms with van der Waals surface area (Å²) in [4.78, 5) is 30.7. The van der Waals surface area contributed by atoms with Crippen molar-refractivity contribution in [2.24, 2.45) is 0 Å². The number of amides is 1. The molecule has 0 aliphatic carbocycles. The molecule has 0 saturated heterocycles. The highest BCUT2D eigenvalue weighted by atomic mass is 35.5. The topological polar surface area (TPSA) is 59.5 Å². The fraction of sp³-hybridized carbons (Fsp3) is 0.227. The molecule has 1 heterocycles. The summed E-state index contributed by atoms with van der Waals surface area (Å²) in [6, 6.07) is 10.9. The van der Waals surface area contributed by atoms with Crippen molar-refractivity contribution in [3.8, 4) is 0 Å². The fourth-order valence-electron chi connectivity index (χ4n) is 3.22. The quantitative estimate of drug-likeness (QED) is 0.484. The minimum atomic E-state index is -0.382. The van der Waals surface area contributed by atoms with Crippen molar-refractivity contribution < 1.29 is 14.3 Å². The third-order valence-corrected chi connectivity index (χ3v) is 5.45. The Balaban J connectivity index is 1.76. The molecule has 0 fully saturated rings. The third-order valence-electron chi connectivity index (χ3n) is 4.34. The van der Waals surface area contributed by atoms with Gasteiger partial charge in [0.05, 0.1) is 16.9 Å². The molecule has 0 aliphatic heterocycles. The lowest BCUT2D eigenvalue weighted by Crippen LogP contribution is -2.22. The Morgan fingerprint density at radius 3 is 2.45 bits per heavy atom. The second-order valence-corrected chi connectivity index (χ2v) is 8.08. The summed E-state index contributed by atoms with van der Waals surface area (Å²) in [7, 11) is 0.